The first kappa shape index (κ1) is 15.8. The Balaban J connectivity index is 2.17. The summed E-state index contributed by atoms with van der Waals surface area (Å²) in [6.45, 7) is 3.79. The highest BCUT2D eigenvalue weighted by molar-refractivity contribution is 5.44. The van der Waals surface area contributed by atoms with Gasteiger partial charge >= 0.3 is 0 Å². The Morgan fingerprint density at radius 2 is 2.24 bits per heavy atom. The van der Waals surface area contributed by atoms with Crippen molar-refractivity contribution in [3.8, 4) is 5.75 Å². The van der Waals surface area contributed by atoms with Crippen LogP contribution in [0.15, 0.2) is 18.2 Å². The zero-order valence-corrected chi connectivity index (χ0v) is 12.6. The molecule has 5 nitrogen and oxygen atoms in total. The summed E-state index contributed by atoms with van der Waals surface area (Å²) in [5.41, 5.74) is 0.469. The molecule has 1 N–H and O–H groups in total. The van der Waals surface area contributed by atoms with E-state index in [1.165, 1.54) is 18.6 Å². The van der Waals surface area contributed by atoms with E-state index in [0.29, 0.717) is 17.2 Å². The maximum Gasteiger partial charge on any atom is 0.270 e. The number of aliphatic hydroxyl groups is 1. The molecule has 21 heavy (non-hydrogen) atoms. The lowest BCUT2D eigenvalue weighted by Gasteiger charge is -2.29. The largest absolute Gasteiger partial charge is 0.490 e. The Hall–Kier alpha value is -1.62. The fourth-order valence-electron chi connectivity index (χ4n) is 2.98. The highest BCUT2D eigenvalue weighted by Gasteiger charge is 2.24. The Morgan fingerprint density at radius 3 is 2.86 bits per heavy atom. The van der Waals surface area contributed by atoms with Crippen LogP contribution in [0.2, 0.25) is 0 Å². The van der Waals surface area contributed by atoms with Gasteiger partial charge in [0.1, 0.15) is 5.75 Å². The molecule has 0 amide bonds. The first-order valence-electron chi connectivity index (χ1n) is 7.64. The first-order chi connectivity index (χ1) is 10.0. The second-order valence-corrected chi connectivity index (χ2v) is 5.84. The summed E-state index contributed by atoms with van der Waals surface area (Å²) in [6, 6.07) is 4.44. The minimum absolute atomic E-state index is 0.0201. The maximum atomic E-state index is 10.8. The van der Waals surface area contributed by atoms with Gasteiger partial charge in [0.15, 0.2) is 0 Å². The van der Waals surface area contributed by atoms with E-state index in [2.05, 4.69) is 6.92 Å². The third-order valence-corrected chi connectivity index (χ3v) is 4.26. The highest BCUT2D eigenvalue weighted by Crippen LogP contribution is 2.34. The number of rotatable bonds is 5. The van der Waals surface area contributed by atoms with E-state index in [0.717, 1.165) is 25.7 Å². The molecule has 116 valence electrons. The van der Waals surface area contributed by atoms with Gasteiger partial charge in [0, 0.05) is 17.7 Å². The molecule has 1 aromatic rings. The van der Waals surface area contributed by atoms with Gasteiger partial charge in [-0.15, -0.1) is 0 Å². The van der Waals surface area contributed by atoms with Crippen molar-refractivity contribution in [1.29, 1.82) is 0 Å². The van der Waals surface area contributed by atoms with E-state index in [1.807, 2.05) is 0 Å². The molecular weight excluding hydrogens is 270 g/mol. The molecule has 1 fully saturated rings. The predicted octanol–water partition coefficient (Wildman–Crippen LogP) is 4.00. The quantitative estimate of drug-likeness (QED) is 0.658. The number of nitrogens with zero attached hydrogens (tertiary/aromatic N) is 1. The summed E-state index contributed by atoms with van der Waals surface area (Å²) in [5.74, 6) is 1.26. The lowest BCUT2D eigenvalue weighted by atomic mass is 9.85. The average Bonchev–Trinajstić information content (AvgIpc) is 2.47. The predicted molar refractivity (Wildman–Crippen MR) is 80.4 cm³/mol. The molecule has 0 spiro atoms. The normalized spacial score (nSPS) is 23.6. The van der Waals surface area contributed by atoms with E-state index in [4.69, 9.17) is 4.74 Å². The number of nitro benzene ring substituents is 1. The van der Waals surface area contributed by atoms with Gasteiger partial charge in [-0.05, 0) is 38.2 Å². The fourth-order valence-corrected chi connectivity index (χ4v) is 2.98. The van der Waals surface area contributed by atoms with E-state index < -0.39 is 11.0 Å². The molecule has 5 heteroatoms. The van der Waals surface area contributed by atoms with Crippen molar-refractivity contribution in [1.82, 2.24) is 0 Å². The molecule has 3 unspecified atom stereocenters. The van der Waals surface area contributed by atoms with Crippen LogP contribution in [0.25, 0.3) is 0 Å². The van der Waals surface area contributed by atoms with Gasteiger partial charge < -0.3 is 9.84 Å². The second kappa shape index (κ2) is 6.89. The summed E-state index contributed by atoms with van der Waals surface area (Å²) in [7, 11) is 0. The number of hydrogen-bond acceptors (Lipinski definition) is 4. The van der Waals surface area contributed by atoms with Gasteiger partial charge in [-0.25, -0.2) is 0 Å². The molecule has 0 radical (unpaired) electrons. The third kappa shape index (κ3) is 3.94. The molecule has 1 aliphatic rings. The van der Waals surface area contributed by atoms with Crippen LogP contribution in [-0.4, -0.2) is 16.1 Å². The summed E-state index contributed by atoms with van der Waals surface area (Å²) in [4.78, 5) is 10.4. The molecule has 0 aromatic heterocycles. The van der Waals surface area contributed by atoms with Crippen LogP contribution >= 0.6 is 0 Å². The number of nitro groups is 1. The summed E-state index contributed by atoms with van der Waals surface area (Å²) in [6.07, 6.45) is 4.94. The van der Waals surface area contributed by atoms with Crippen molar-refractivity contribution < 1.29 is 14.8 Å². The molecule has 0 bridgehead atoms. The van der Waals surface area contributed by atoms with Gasteiger partial charge in [0.25, 0.3) is 5.69 Å². The van der Waals surface area contributed by atoms with E-state index in [-0.39, 0.29) is 11.8 Å². The molecular formula is C16H23NO4. The molecule has 2 rings (SSSR count). The molecule has 0 saturated heterocycles. The van der Waals surface area contributed by atoms with Crippen molar-refractivity contribution >= 4 is 5.69 Å². The van der Waals surface area contributed by atoms with Crippen LogP contribution in [0, 0.1) is 16.0 Å². The molecule has 1 saturated carbocycles. The lowest BCUT2D eigenvalue weighted by molar-refractivity contribution is -0.385. The smallest absolute Gasteiger partial charge is 0.270 e. The van der Waals surface area contributed by atoms with Crippen LogP contribution in [0.5, 0.6) is 5.75 Å². The second-order valence-electron chi connectivity index (χ2n) is 5.84. The van der Waals surface area contributed by atoms with Crippen LogP contribution in [0.3, 0.4) is 0 Å². The Kier molecular flexibility index (Phi) is 5.17. The molecule has 1 aliphatic carbocycles. The van der Waals surface area contributed by atoms with Crippen LogP contribution in [0.4, 0.5) is 5.69 Å². The SMILES string of the molecule is CCC1CCCC(Oc2ccc([N+](=O)[O-])cc2C(C)O)C1. The van der Waals surface area contributed by atoms with Crippen molar-refractivity contribution in [2.45, 2.75) is 58.2 Å². The molecule has 0 heterocycles. The average molecular weight is 293 g/mol. The van der Waals surface area contributed by atoms with Crippen molar-refractivity contribution in [3.63, 3.8) is 0 Å². The summed E-state index contributed by atoms with van der Waals surface area (Å²) >= 11 is 0. The third-order valence-electron chi connectivity index (χ3n) is 4.26. The zero-order chi connectivity index (χ0) is 15.4. The first-order valence-corrected chi connectivity index (χ1v) is 7.64. The highest BCUT2D eigenvalue weighted by atomic mass is 16.6. The fraction of sp³-hybridized carbons (Fsp3) is 0.625. The minimum Gasteiger partial charge on any atom is -0.490 e. The van der Waals surface area contributed by atoms with Gasteiger partial charge in [0.2, 0.25) is 0 Å². The topological polar surface area (TPSA) is 72.6 Å². The minimum atomic E-state index is -0.787. The number of hydrogen-bond donors (Lipinski definition) is 1. The van der Waals surface area contributed by atoms with Crippen molar-refractivity contribution in [3.05, 3.63) is 33.9 Å². The summed E-state index contributed by atoms with van der Waals surface area (Å²) in [5, 5.41) is 20.7. The Bertz CT molecular complexity index is 501. The van der Waals surface area contributed by atoms with Gasteiger partial charge in [0.05, 0.1) is 17.1 Å². The molecule has 1 aromatic carbocycles. The Morgan fingerprint density at radius 1 is 1.48 bits per heavy atom. The van der Waals surface area contributed by atoms with E-state index in [9.17, 15) is 15.2 Å². The molecule has 3 atom stereocenters. The van der Waals surface area contributed by atoms with Crippen molar-refractivity contribution in [2.75, 3.05) is 0 Å². The number of non-ortho nitro benzene ring substituents is 1. The van der Waals surface area contributed by atoms with Crippen LogP contribution in [-0.2, 0) is 0 Å². The summed E-state index contributed by atoms with van der Waals surface area (Å²) < 4.78 is 6.03. The number of ether oxygens (including phenoxy) is 1. The Labute approximate surface area is 125 Å². The number of benzene rings is 1. The standard InChI is InChI=1S/C16H23NO4/c1-3-12-5-4-6-14(9-12)21-16-8-7-13(17(19)20)10-15(16)11(2)18/h7-8,10-12,14,18H,3-6,9H2,1-2H3. The van der Waals surface area contributed by atoms with E-state index >= 15 is 0 Å². The maximum absolute atomic E-state index is 10.8. The number of aliphatic hydroxyl groups excluding tert-OH is 1. The van der Waals surface area contributed by atoms with Crippen LogP contribution < -0.4 is 4.74 Å². The van der Waals surface area contributed by atoms with Gasteiger partial charge in [-0.3, -0.25) is 10.1 Å². The lowest BCUT2D eigenvalue weighted by Crippen LogP contribution is -2.25. The van der Waals surface area contributed by atoms with E-state index in [1.54, 1.807) is 13.0 Å². The van der Waals surface area contributed by atoms with Gasteiger partial charge in [-0.2, -0.15) is 0 Å². The molecule has 0 aliphatic heterocycles. The monoisotopic (exact) mass is 293 g/mol. The van der Waals surface area contributed by atoms with Crippen LogP contribution in [0.1, 0.15) is 57.6 Å². The van der Waals surface area contributed by atoms with Crippen molar-refractivity contribution in [2.24, 2.45) is 5.92 Å². The zero-order valence-electron chi connectivity index (χ0n) is 12.6. The van der Waals surface area contributed by atoms with Gasteiger partial charge in [-0.1, -0.05) is 19.8 Å².